The summed E-state index contributed by atoms with van der Waals surface area (Å²) in [5.74, 6) is 0.0519. The molecule has 0 radical (unpaired) electrons. The number of fused-ring (bicyclic) bond motifs is 1. The monoisotopic (exact) mass is 381 g/mol. The lowest BCUT2D eigenvalue weighted by Crippen LogP contribution is -1.99. The number of hydrogen-bond acceptors (Lipinski definition) is 3. The summed E-state index contributed by atoms with van der Waals surface area (Å²) in [5.41, 5.74) is 4.40. The van der Waals surface area contributed by atoms with Gasteiger partial charge in [-0.3, -0.25) is 4.79 Å². The van der Waals surface area contributed by atoms with Crippen molar-refractivity contribution in [2.75, 3.05) is 0 Å². The zero-order valence-electron chi connectivity index (χ0n) is 13.2. The number of rotatable bonds is 5. The summed E-state index contributed by atoms with van der Waals surface area (Å²) in [4.78, 5) is 26.8. The highest BCUT2D eigenvalue weighted by atomic mass is 79.9. The van der Waals surface area contributed by atoms with Gasteiger partial charge in [0, 0.05) is 11.8 Å². The molecule has 0 bridgehead atoms. The van der Waals surface area contributed by atoms with Crippen molar-refractivity contribution in [1.29, 1.82) is 0 Å². The van der Waals surface area contributed by atoms with Gasteiger partial charge in [-0.15, -0.1) is 0 Å². The van der Waals surface area contributed by atoms with Gasteiger partial charge in [0.25, 0.3) is 0 Å². The SMILES string of the molecule is CCC(=O)c1ccc2cc(-c3ccc(C(Br)C=O)cc3)ccc2n1. The number of halogens is 1. The zero-order chi connectivity index (χ0) is 17.1. The second-order valence-electron chi connectivity index (χ2n) is 5.54. The van der Waals surface area contributed by atoms with Crippen LogP contribution in [0.4, 0.5) is 0 Å². The maximum Gasteiger partial charge on any atom is 0.180 e. The summed E-state index contributed by atoms with van der Waals surface area (Å²) < 4.78 is 0. The van der Waals surface area contributed by atoms with E-state index in [9.17, 15) is 9.59 Å². The topological polar surface area (TPSA) is 47.0 Å². The second-order valence-corrected chi connectivity index (χ2v) is 6.53. The Labute approximate surface area is 148 Å². The second kappa shape index (κ2) is 7.05. The zero-order valence-corrected chi connectivity index (χ0v) is 14.8. The van der Waals surface area contributed by atoms with Gasteiger partial charge in [0.2, 0.25) is 0 Å². The van der Waals surface area contributed by atoms with Gasteiger partial charge in [-0.25, -0.2) is 4.98 Å². The molecule has 0 saturated carbocycles. The van der Waals surface area contributed by atoms with Gasteiger partial charge in [0.05, 0.1) is 10.3 Å². The minimum Gasteiger partial charge on any atom is -0.302 e. The van der Waals surface area contributed by atoms with Gasteiger partial charge in [-0.1, -0.05) is 59.3 Å². The lowest BCUT2D eigenvalue weighted by molar-refractivity contribution is -0.107. The van der Waals surface area contributed by atoms with Crippen LogP contribution in [0.2, 0.25) is 0 Å². The number of pyridine rings is 1. The van der Waals surface area contributed by atoms with Crippen molar-refractivity contribution in [1.82, 2.24) is 4.98 Å². The highest BCUT2D eigenvalue weighted by molar-refractivity contribution is 9.09. The average molecular weight is 382 g/mol. The number of hydrogen-bond donors (Lipinski definition) is 0. The molecular weight excluding hydrogens is 366 g/mol. The third-order valence-electron chi connectivity index (χ3n) is 3.98. The fourth-order valence-electron chi connectivity index (χ4n) is 2.58. The van der Waals surface area contributed by atoms with Crippen molar-refractivity contribution in [3.8, 4) is 11.1 Å². The van der Waals surface area contributed by atoms with Crippen LogP contribution in [-0.4, -0.2) is 17.1 Å². The Bertz CT molecular complexity index is 903. The maximum absolute atomic E-state index is 11.8. The van der Waals surface area contributed by atoms with E-state index in [0.29, 0.717) is 12.1 Å². The lowest BCUT2D eigenvalue weighted by atomic mass is 10.0. The molecule has 1 atom stereocenters. The summed E-state index contributed by atoms with van der Waals surface area (Å²) in [7, 11) is 0. The molecule has 0 aliphatic heterocycles. The van der Waals surface area contributed by atoms with E-state index in [0.717, 1.165) is 33.9 Å². The number of aromatic nitrogens is 1. The number of carbonyl (C=O) groups is 2. The summed E-state index contributed by atoms with van der Waals surface area (Å²) in [6.45, 7) is 1.84. The first-order chi connectivity index (χ1) is 11.6. The molecule has 4 heteroatoms. The molecule has 3 nitrogen and oxygen atoms in total. The minimum atomic E-state index is -0.276. The Morgan fingerprint density at radius 1 is 1.08 bits per heavy atom. The summed E-state index contributed by atoms with van der Waals surface area (Å²) in [6.07, 6.45) is 1.32. The molecule has 0 aliphatic carbocycles. The predicted octanol–water partition coefficient (Wildman–Crippen LogP) is 5.13. The van der Waals surface area contributed by atoms with E-state index >= 15 is 0 Å². The molecule has 0 fully saturated rings. The molecule has 1 heterocycles. The summed E-state index contributed by atoms with van der Waals surface area (Å²) in [5, 5.41) is 0.996. The van der Waals surface area contributed by atoms with E-state index in [1.54, 1.807) is 6.07 Å². The first-order valence-corrected chi connectivity index (χ1v) is 8.67. The summed E-state index contributed by atoms with van der Waals surface area (Å²) >= 11 is 3.32. The smallest absolute Gasteiger partial charge is 0.180 e. The molecule has 0 spiro atoms. The quantitative estimate of drug-likeness (QED) is 0.349. The van der Waals surface area contributed by atoms with Gasteiger partial charge in [0.15, 0.2) is 5.78 Å². The fourth-order valence-corrected chi connectivity index (χ4v) is 2.88. The van der Waals surface area contributed by atoms with Crippen LogP contribution in [0.1, 0.15) is 34.2 Å². The predicted molar refractivity (Wildman–Crippen MR) is 99.5 cm³/mol. The van der Waals surface area contributed by atoms with E-state index in [2.05, 4.69) is 27.0 Å². The van der Waals surface area contributed by atoms with Crippen LogP contribution >= 0.6 is 15.9 Å². The molecular formula is C20H16BrNO2. The average Bonchev–Trinajstić information content (AvgIpc) is 2.66. The van der Waals surface area contributed by atoms with Crippen molar-refractivity contribution < 1.29 is 9.59 Å². The van der Waals surface area contributed by atoms with E-state index in [-0.39, 0.29) is 10.6 Å². The normalized spacial score (nSPS) is 12.1. The minimum absolute atomic E-state index is 0.0519. The van der Waals surface area contributed by atoms with Crippen LogP contribution in [-0.2, 0) is 4.79 Å². The van der Waals surface area contributed by atoms with Gasteiger partial charge >= 0.3 is 0 Å². The number of carbonyl (C=O) groups excluding carboxylic acids is 2. The van der Waals surface area contributed by atoms with Crippen LogP contribution in [0, 0.1) is 0 Å². The standard InChI is InChI=1S/C20H16BrNO2/c1-2-20(24)19-10-8-16-11-15(7-9-18(16)22-19)13-3-5-14(6-4-13)17(21)12-23/h3-12,17H,2H2,1H3. The molecule has 0 saturated heterocycles. The first kappa shape index (κ1) is 16.5. The number of nitrogens with zero attached hydrogens (tertiary/aromatic N) is 1. The van der Waals surface area contributed by atoms with Gasteiger partial charge < -0.3 is 4.79 Å². The van der Waals surface area contributed by atoms with Gasteiger partial charge in [0.1, 0.15) is 12.0 Å². The Balaban J connectivity index is 1.96. The van der Waals surface area contributed by atoms with Crippen molar-refractivity contribution in [2.45, 2.75) is 18.2 Å². The molecule has 3 rings (SSSR count). The van der Waals surface area contributed by atoms with E-state index in [4.69, 9.17) is 0 Å². The van der Waals surface area contributed by atoms with Crippen LogP contribution in [0.3, 0.4) is 0 Å². The molecule has 0 aliphatic rings. The molecule has 3 aromatic rings. The van der Waals surface area contributed by atoms with Crippen LogP contribution in [0.5, 0.6) is 0 Å². The van der Waals surface area contributed by atoms with Crippen LogP contribution in [0.25, 0.3) is 22.0 Å². The van der Waals surface area contributed by atoms with Crippen LogP contribution < -0.4 is 0 Å². The number of alkyl halides is 1. The highest BCUT2D eigenvalue weighted by Gasteiger charge is 2.08. The molecule has 1 aromatic heterocycles. The summed E-state index contributed by atoms with van der Waals surface area (Å²) in [6, 6.07) is 17.6. The Morgan fingerprint density at radius 2 is 1.79 bits per heavy atom. The molecule has 2 aromatic carbocycles. The largest absolute Gasteiger partial charge is 0.302 e. The van der Waals surface area contributed by atoms with Crippen molar-refractivity contribution in [3.63, 3.8) is 0 Å². The molecule has 0 amide bonds. The number of aldehydes is 1. The third-order valence-corrected chi connectivity index (χ3v) is 4.72. The molecule has 1 unspecified atom stereocenters. The van der Waals surface area contributed by atoms with Crippen molar-refractivity contribution >= 4 is 38.9 Å². The molecule has 120 valence electrons. The Kier molecular flexibility index (Phi) is 4.86. The Morgan fingerprint density at radius 3 is 2.46 bits per heavy atom. The van der Waals surface area contributed by atoms with Crippen molar-refractivity contribution in [2.24, 2.45) is 0 Å². The molecule has 0 N–H and O–H groups in total. The molecule has 24 heavy (non-hydrogen) atoms. The lowest BCUT2D eigenvalue weighted by Gasteiger charge is -2.07. The van der Waals surface area contributed by atoms with Crippen molar-refractivity contribution in [3.05, 3.63) is 65.9 Å². The number of Topliss-reactive ketones (excluding diaryl/α,β-unsaturated/α-hetero) is 1. The van der Waals surface area contributed by atoms with E-state index < -0.39 is 0 Å². The fraction of sp³-hybridized carbons (Fsp3) is 0.150. The number of benzene rings is 2. The van der Waals surface area contributed by atoms with E-state index in [1.165, 1.54) is 0 Å². The van der Waals surface area contributed by atoms with Gasteiger partial charge in [-0.2, -0.15) is 0 Å². The first-order valence-electron chi connectivity index (χ1n) is 7.76. The third kappa shape index (κ3) is 3.29. The van der Waals surface area contributed by atoms with E-state index in [1.807, 2.05) is 49.4 Å². The highest BCUT2D eigenvalue weighted by Crippen LogP contribution is 2.27. The Hall–Kier alpha value is -2.33. The maximum atomic E-state index is 11.8. The van der Waals surface area contributed by atoms with Gasteiger partial charge in [-0.05, 0) is 34.9 Å². The van der Waals surface area contributed by atoms with Crippen LogP contribution in [0.15, 0.2) is 54.6 Å². The number of ketones is 1.